The Labute approximate surface area is 151 Å². The molecule has 0 spiro atoms. The van der Waals surface area contributed by atoms with Crippen molar-refractivity contribution in [1.29, 1.82) is 0 Å². The number of aryl methyl sites for hydroxylation is 1. The number of rotatable bonds is 8. The van der Waals surface area contributed by atoms with Gasteiger partial charge in [-0.05, 0) is 42.9 Å². The highest BCUT2D eigenvalue weighted by atomic mass is 35.5. The number of ether oxygens (including phenoxy) is 1. The number of amides is 1. The third-order valence-corrected chi connectivity index (χ3v) is 4.10. The molecule has 0 fully saturated rings. The van der Waals surface area contributed by atoms with E-state index in [1.165, 1.54) is 0 Å². The molecule has 2 aromatic rings. The molecule has 6 nitrogen and oxygen atoms in total. The summed E-state index contributed by atoms with van der Waals surface area (Å²) in [6.07, 6.45) is 1.72. The van der Waals surface area contributed by atoms with Gasteiger partial charge in [0.2, 0.25) is 5.91 Å². The van der Waals surface area contributed by atoms with E-state index >= 15 is 0 Å². The van der Waals surface area contributed by atoms with Crippen LogP contribution in [-0.2, 0) is 17.8 Å². The van der Waals surface area contributed by atoms with Crippen LogP contribution in [0, 0.1) is 4.77 Å². The second-order valence-electron chi connectivity index (χ2n) is 5.40. The van der Waals surface area contributed by atoms with Crippen LogP contribution in [0.3, 0.4) is 0 Å². The molecule has 0 radical (unpaired) electrons. The van der Waals surface area contributed by atoms with Crippen LogP contribution in [-0.4, -0.2) is 45.8 Å². The lowest BCUT2D eigenvalue weighted by Crippen LogP contribution is -2.34. The van der Waals surface area contributed by atoms with E-state index in [0.717, 1.165) is 24.4 Å². The van der Waals surface area contributed by atoms with E-state index in [2.05, 4.69) is 17.1 Å². The number of hydrogen-bond donors (Lipinski definition) is 1. The van der Waals surface area contributed by atoms with Gasteiger partial charge in [-0.15, -0.1) is 0 Å². The first-order chi connectivity index (χ1) is 11.5. The van der Waals surface area contributed by atoms with Gasteiger partial charge in [-0.2, -0.15) is 5.10 Å². The topological polar surface area (TPSA) is 63.2 Å². The predicted molar refractivity (Wildman–Crippen MR) is 96.0 cm³/mol. The molecule has 0 aliphatic heterocycles. The maximum Gasteiger partial charge on any atom is 0.242 e. The van der Waals surface area contributed by atoms with Crippen molar-refractivity contribution in [3.63, 3.8) is 0 Å². The van der Waals surface area contributed by atoms with Crippen LogP contribution in [0.25, 0.3) is 0 Å². The van der Waals surface area contributed by atoms with Crippen LogP contribution >= 0.6 is 23.8 Å². The summed E-state index contributed by atoms with van der Waals surface area (Å²) in [7, 11) is 1.75. The normalized spacial score (nSPS) is 10.6. The fourth-order valence-corrected chi connectivity index (χ4v) is 2.48. The van der Waals surface area contributed by atoms with Crippen molar-refractivity contribution in [2.24, 2.45) is 0 Å². The van der Waals surface area contributed by atoms with Crippen molar-refractivity contribution >= 4 is 29.7 Å². The molecule has 0 saturated heterocycles. The van der Waals surface area contributed by atoms with Gasteiger partial charge in [0.05, 0.1) is 6.54 Å². The van der Waals surface area contributed by atoms with E-state index in [1.54, 1.807) is 40.8 Å². The fourth-order valence-electron chi connectivity index (χ4n) is 2.14. The van der Waals surface area contributed by atoms with Gasteiger partial charge in [-0.1, -0.05) is 18.5 Å². The van der Waals surface area contributed by atoms with Crippen LogP contribution in [0.5, 0.6) is 5.75 Å². The van der Waals surface area contributed by atoms with E-state index < -0.39 is 0 Å². The van der Waals surface area contributed by atoms with E-state index in [4.69, 9.17) is 28.6 Å². The number of aromatic amines is 1. The van der Waals surface area contributed by atoms with Crippen molar-refractivity contribution in [2.75, 3.05) is 20.2 Å². The van der Waals surface area contributed by atoms with Crippen molar-refractivity contribution in [3.8, 4) is 5.75 Å². The monoisotopic (exact) mass is 368 g/mol. The second kappa shape index (κ2) is 8.84. The SMILES string of the molecule is CCCc1n[nH]c(=S)n1CC(=O)N(C)CCOc1ccc(Cl)cc1. The molecule has 1 aromatic heterocycles. The molecule has 2 rings (SSSR count). The molecule has 0 saturated carbocycles. The molecule has 1 N–H and O–H groups in total. The van der Waals surface area contributed by atoms with Crippen molar-refractivity contribution in [3.05, 3.63) is 39.9 Å². The van der Waals surface area contributed by atoms with E-state index in [0.29, 0.717) is 22.9 Å². The van der Waals surface area contributed by atoms with Crippen molar-refractivity contribution in [2.45, 2.75) is 26.3 Å². The number of aromatic nitrogens is 3. The zero-order valence-corrected chi connectivity index (χ0v) is 15.4. The number of likely N-dealkylation sites (N-methyl/N-ethyl adjacent to an activating group) is 1. The van der Waals surface area contributed by atoms with E-state index in [-0.39, 0.29) is 12.5 Å². The number of carbonyl (C=O) groups excluding carboxylic acids is 1. The van der Waals surface area contributed by atoms with Gasteiger partial charge >= 0.3 is 0 Å². The highest BCUT2D eigenvalue weighted by Gasteiger charge is 2.13. The Morgan fingerprint density at radius 1 is 1.42 bits per heavy atom. The Balaban J connectivity index is 1.85. The number of carbonyl (C=O) groups is 1. The molecule has 24 heavy (non-hydrogen) atoms. The van der Waals surface area contributed by atoms with Gasteiger partial charge in [0.25, 0.3) is 0 Å². The third-order valence-electron chi connectivity index (χ3n) is 3.54. The molecule has 8 heteroatoms. The van der Waals surface area contributed by atoms with Gasteiger partial charge in [0, 0.05) is 18.5 Å². The average molecular weight is 369 g/mol. The number of H-pyrrole nitrogens is 1. The Bertz CT molecular complexity index is 726. The summed E-state index contributed by atoms with van der Waals surface area (Å²) in [6, 6.07) is 7.13. The van der Waals surface area contributed by atoms with E-state index in [9.17, 15) is 4.79 Å². The zero-order chi connectivity index (χ0) is 17.5. The third kappa shape index (κ3) is 5.07. The summed E-state index contributed by atoms with van der Waals surface area (Å²) in [5.41, 5.74) is 0. The summed E-state index contributed by atoms with van der Waals surface area (Å²) >= 11 is 11.0. The lowest BCUT2D eigenvalue weighted by molar-refractivity contribution is -0.130. The number of nitrogens with one attached hydrogen (secondary N) is 1. The van der Waals surface area contributed by atoms with Crippen LogP contribution < -0.4 is 4.74 Å². The lowest BCUT2D eigenvalue weighted by atomic mass is 10.3. The highest BCUT2D eigenvalue weighted by molar-refractivity contribution is 7.71. The molecule has 0 bridgehead atoms. The summed E-state index contributed by atoms with van der Waals surface area (Å²) in [5.74, 6) is 1.49. The van der Waals surface area contributed by atoms with Gasteiger partial charge in [0.15, 0.2) is 4.77 Å². The van der Waals surface area contributed by atoms with Crippen LogP contribution in [0.1, 0.15) is 19.2 Å². The lowest BCUT2D eigenvalue weighted by Gasteiger charge is -2.18. The molecule has 1 amide bonds. The Hall–Kier alpha value is -1.86. The van der Waals surface area contributed by atoms with Crippen LogP contribution in [0.4, 0.5) is 0 Å². The molecule has 0 unspecified atom stereocenters. The van der Waals surface area contributed by atoms with Gasteiger partial charge in [0.1, 0.15) is 24.7 Å². The van der Waals surface area contributed by atoms with Gasteiger partial charge < -0.3 is 9.64 Å². The molecule has 0 atom stereocenters. The number of hydrogen-bond acceptors (Lipinski definition) is 4. The molecule has 1 heterocycles. The smallest absolute Gasteiger partial charge is 0.242 e. The summed E-state index contributed by atoms with van der Waals surface area (Å²) in [6.45, 7) is 3.13. The molecule has 1 aromatic carbocycles. The molecule has 0 aliphatic rings. The van der Waals surface area contributed by atoms with Crippen molar-refractivity contribution < 1.29 is 9.53 Å². The maximum atomic E-state index is 12.4. The number of nitrogens with zero attached hydrogens (tertiary/aromatic N) is 3. The number of halogens is 1. The molecular weight excluding hydrogens is 348 g/mol. The first-order valence-electron chi connectivity index (χ1n) is 7.77. The molecule has 0 aliphatic carbocycles. The molecule has 130 valence electrons. The minimum Gasteiger partial charge on any atom is -0.492 e. The zero-order valence-electron chi connectivity index (χ0n) is 13.8. The quantitative estimate of drug-likeness (QED) is 0.727. The summed E-state index contributed by atoms with van der Waals surface area (Å²) in [4.78, 5) is 14.0. The first-order valence-corrected chi connectivity index (χ1v) is 8.56. The number of benzene rings is 1. The fraction of sp³-hybridized carbons (Fsp3) is 0.438. The van der Waals surface area contributed by atoms with Crippen molar-refractivity contribution in [1.82, 2.24) is 19.7 Å². The molecular formula is C16H21ClN4O2S. The summed E-state index contributed by atoms with van der Waals surface area (Å²) < 4.78 is 7.82. The minimum absolute atomic E-state index is 0.0374. The summed E-state index contributed by atoms with van der Waals surface area (Å²) in [5, 5.41) is 7.57. The Morgan fingerprint density at radius 3 is 2.79 bits per heavy atom. The minimum atomic E-state index is -0.0374. The van der Waals surface area contributed by atoms with Gasteiger partial charge in [-0.3, -0.25) is 14.5 Å². The maximum absolute atomic E-state index is 12.4. The average Bonchev–Trinajstić information content (AvgIpc) is 2.90. The predicted octanol–water partition coefficient (Wildman–Crippen LogP) is 3.08. The highest BCUT2D eigenvalue weighted by Crippen LogP contribution is 2.15. The Morgan fingerprint density at radius 2 is 2.12 bits per heavy atom. The largest absolute Gasteiger partial charge is 0.492 e. The first kappa shape index (κ1) is 18.5. The standard InChI is InChI=1S/C16H21ClN4O2S/c1-3-4-14-18-19-16(24)21(14)11-15(22)20(2)9-10-23-13-7-5-12(17)6-8-13/h5-8H,3-4,9-11H2,1-2H3,(H,19,24). The van der Waals surface area contributed by atoms with Crippen LogP contribution in [0.15, 0.2) is 24.3 Å². The van der Waals surface area contributed by atoms with Gasteiger partial charge in [-0.25, -0.2) is 0 Å². The second-order valence-corrected chi connectivity index (χ2v) is 6.22. The Kier molecular flexibility index (Phi) is 6.81. The van der Waals surface area contributed by atoms with Crippen LogP contribution in [0.2, 0.25) is 5.02 Å². The van der Waals surface area contributed by atoms with E-state index in [1.807, 2.05) is 0 Å².